The van der Waals surface area contributed by atoms with Crippen molar-refractivity contribution in [2.75, 3.05) is 11.9 Å². The standard InChI is InChI=1S/C14H16ClN3/c15-12-6-2-7-13(16-10-11-4-1-5-11)14(12)18-9-3-8-17-18/h2-3,6-9,11,16H,1,4-5,10H2. The lowest BCUT2D eigenvalue weighted by atomic mass is 9.85. The lowest BCUT2D eigenvalue weighted by Gasteiger charge is -2.26. The van der Waals surface area contributed by atoms with Crippen LogP contribution in [0.3, 0.4) is 0 Å². The molecule has 1 aliphatic carbocycles. The van der Waals surface area contributed by atoms with Gasteiger partial charge in [-0.25, -0.2) is 4.68 Å². The van der Waals surface area contributed by atoms with Crippen LogP contribution >= 0.6 is 11.6 Å². The highest BCUT2D eigenvalue weighted by atomic mass is 35.5. The Bertz CT molecular complexity index is 518. The van der Waals surface area contributed by atoms with Crippen molar-refractivity contribution in [3.63, 3.8) is 0 Å². The van der Waals surface area contributed by atoms with Gasteiger partial charge in [-0.05, 0) is 37.0 Å². The molecule has 0 spiro atoms. The molecule has 0 aliphatic heterocycles. The first-order valence-electron chi connectivity index (χ1n) is 6.37. The van der Waals surface area contributed by atoms with Gasteiger partial charge in [-0.15, -0.1) is 0 Å². The highest BCUT2D eigenvalue weighted by molar-refractivity contribution is 6.33. The Kier molecular flexibility index (Phi) is 3.24. The van der Waals surface area contributed by atoms with Crippen molar-refractivity contribution in [2.45, 2.75) is 19.3 Å². The Morgan fingerprint density at radius 3 is 2.89 bits per heavy atom. The number of anilines is 1. The van der Waals surface area contributed by atoms with E-state index in [1.54, 1.807) is 6.20 Å². The van der Waals surface area contributed by atoms with Crippen LogP contribution in [0.2, 0.25) is 5.02 Å². The first-order chi connectivity index (χ1) is 8.84. The van der Waals surface area contributed by atoms with Crippen LogP contribution < -0.4 is 5.32 Å². The highest BCUT2D eigenvalue weighted by Crippen LogP contribution is 2.30. The third-order valence-corrected chi connectivity index (χ3v) is 3.83. The maximum Gasteiger partial charge on any atom is 0.106 e. The van der Waals surface area contributed by atoms with Gasteiger partial charge in [0, 0.05) is 18.9 Å². The summed E-state index contributed by atoms with van der Waals surface area (Å²) in [7, 11) is 0. The molecule has 0 radical (unpaired) electrons. The molecule has 1 fully saturated rings. The summed E-state index contributed by atoms with van der Waals surface area (Å²) in [6.45, 7) is 1.02. The molecular formula is C14H16ClN3. The van der Waals surface area contributed by atoms with Crippen molar-refractivity contribution < 1.29 is 0 Å². The predicted molar refractivity (Wildman–Crippen MR) is 74.4 cm³/mol. The van der Waals surface area contributed by atoms with Crippen LogP contribution in [0, 0.1) is 5.92 Å². The van der Waals surface area contributed by atoms with Crippen LogP contribution in [0.5, 0.6) is 0 Å². The summed E-state index contributed by atoms with van der Waals surface area (Å²) < 4.78 is 1.81. The minimum Gasteiger partial charge on any atom is -0.383 e. The third kappa shape index (κ3) is 2.23. The summed E-state index contributed by atoms with van der Waals surface area (Å²) in [5.74, 6) is 0.814. The molecular weight excluding hydrogens is 246 g/mol. The lowest BCUT2D eigenvalue weighted by molar-refractivity contribution is 0.333. The minimum absolute atomic E-state index is 0.720. The Labute approximate surface area is 112 Å². The van der Waals surface area contributed by atoms with Gasteiger partial charge in [0.05, 0.1) is 10.7 Å². The van der Waals surface area contributed by atoms with Crippen LogP contribution in [-0.2, 0) is 0 Å². The molecule has 94 valence electrons. The zero-order chi connectivity index (χ0) is 12.4. The summed E-state index contributed by atoms with van der Waals surface area (Å²) in [6, 6.07) is 7.83. The molecule has 3 rings (SSSR count). The number of para-hydroxylation sites is 1. The number of aromatic nitrogens is 2. The molecule has 1 heterocycles. The first kappa shape index (κ1) is 11.6. The van der Waals surface area contributed by atoms with E-state index < -0.39 is 0 Å². The molecule has 1 N–H and O–H groups in total. The van der Waals surface area contributed by atoms with Crippen molar-refractivity contribution in [3.05, 3.63) is 41.7 Å². The average Bonchev–Trinajstić information content (AvgIpc) is 2.80. The smallest absolute Gasteiger partial charge is 0.106 e. The van der Waals surface area contributed by atoms with Crippen molar-refractivity contribution in [1.82, 2.24) is 9.78 Å². The minimum atomic E-state index is 0.720. The van der Waals surface area contributed by atoms with E-state index in [-0.39, 0.29) is 0 Å². The van der Waals surface area contributed by atoms with Gasteiger partial charge in [0.2, 0.25) is 0 Å². The van der Waals surface area contributed by atoms with Crippen molar-refractivity contribution >= 4 is 17.3 Å². The van der Waals surface area contributed by atoms with E-state index in [1.165, 1.54) is 19.3 Å². The van der Waals surface area contributed by atoms with Crippen LogP contribution in [0.15, 0.2) is 36.7 Å². The largest absolute Gasteiger partial charge is 0.383 e. The van der Waals surface area contributed by atoms with Gasteiger partial charge in [0.1, 0.15) is 5.69 Å². The number of hydrogen-bond acceptors (Lipinski definition) is 2. The molecule has 0 atom stereocenters. The molecule has 1 aromatic heterocycles. The number of benzene rings is 1. The number of nitrogens with one attached hydrogen (secondary N) is 1. The molecule has 4 heteroatoms. The van der Waals surface area contributed by atoms with E-state index in [0.717, 1.165) is 28.9 Å². The molecule has 0 saturated heterocycles. The highest BCUT2D eigenvalue weighted by Gasteiger charge is 2.18. The summed E-state index contributed by atoms with van der Waals surface area (Å²) in [5, 5.41) is 8.48. The topological polar surface area (TPSA) is 29.9 Å². The van der Waals surface area contributed by atoms with E-state index in [1.807, 2.05) is 29.1 Å². The van der Waals surface area contributed by atoms with Gasteiger partial charge in [-0.2, -0.15) is 5.10 Å². The molecule has 0 bridgehead atoms. The molecule has 18 heavy (non-hydrogen) atoms. The van der Waals surface area contributed by atoms with Crippen LogP contribution in [0.1, 0.15) is 19.3 Å². The summed E-state index contributed by atoms with van der Waals surface area (Å²) in [5.41, 5.74) is 1.99. The maximum absolute atomic E-state index is 6.28. The monoisotopic (exact) mass is 261 g/mol. The third-order valence-electron chi connectivity index (χ3n) is 3.53. The number of halogens is 1. The molecule has 1 aromatic carbocycles. The van der Waals surface area contributed by atoms with Crippen LogP contribution in [0.4, 0.5) is 5.69 Å². The van der Waals surface area contributed by atoms with Crippen molar-refractivity contribution in [3.8, 4) is 5.69 Å². The quantitative estimate of drug-likeness (QED) is 0.909. The summed E-state index contributed by atoms with van der Waals surface area (Å²) in [6.07, 6.45) is 7.72. The van der Waals surface area contributed by atoms with Gasteiger partial charge in [0.25, 0.3) is 0 Å². The molecule has 0 amide bonds. The molecule has 3 nitrogen and oxygen atoms in total. The second kappa shape index (κ2) is 5.02. The first-order valence-corrected chi connectivity index (χ1v) is 6.75. The van der Waals surface area contributed by atoms with E-state index in [4.69, 9.17) is 11.6 Å². The second-order valence-electron chi connectivity index (χ2n) is 4.76. The Balaban J connectivity index is 1.86. The zero-order valence-corrected chi connectivity index (χ0v) is 10.9. The maximum atomic E-state index is 6.28. The summed E-state index contributed by atoms with van der Waals surface area (Å²) >= 11 is 6.28. The Morgan fingerprint density at radius 1 is 1.33 bits per heavy atom. The number of rotatable bonds is 4. The fourth-order valence-corrected chi connectivity index (χ4v) is 2.50. The number of nitrogens with zero attached hydrogens (tertiary/aromatic N) is 2. The van der Waals surface area contributed by atoms with Gasteiger partial charge in [-0.1, -0.05) is 24.1 Å². The van der Waals surface area contributed by atoms with Gasteiger partial charge < -0.3 is 5.32 Å². The zero-order valence-electron chi connectivity index (χ0n) is 10.1. The van der Waals surface area contributed by atoms with E-state index in [2.05, 4.69) is 16.5 Å². The normalized spacial score (nSPS) is 15.4. The molecule has 1 aliphatic rings. The molecule has 1 saturated carbocycles. The average molecular weight is 262 g/mol. The van der Waals surface area contributed by atoms with Crippen molar-refractivity contribution in [1.29, 1.82) is 0 Å². The molecule has 2 aromatic rings. The fraction of sp³-hybridized carbons (Fsp3) is 0.357. The van der Waals surface area contributed by atoms with Crippen LogP contribution in [0.25, 0.3) is 5.69 Å². The second-order valence-corrected chi connectivity index (χ2v) is 5.17. The van der Waals surface area contributed by atoms with Gasteiger partial charge in [-0.3, -0.25) is 0 Å². The van der Waals surface area contributed by atoms with Gasteiger partial charge in [0.15, 0.2) is 0 Å². The van der Waals surface area contributed by atoms with E-state index in [9.17, 15) is 0 Å². The molecule has 0 unspecified atom stereocenters. The number of hydrogen-bond donors (Lipinski definition) is 1. The van der Waals surface area contributed by atoms with E-state index in [0.29, 0.717) is 0 Å². The Hall–Kier alpha value is -1.48. The Morgan fingerprint density at radius 2 is 2.22 bits per heavy atom. The van der Waals surface area contributed by atoms with Crippen LogP contribution in [-0.4, -0.2) is 16.3 Å². The SMILES string of the molecule is Clc1cccc(NCC2CCC2)c1-n1cccn1. The fourth-order valence-electron chi connectivity index (χ4n) is 2.24. The van der Waals surface area contributed by atoms with E-state index >= 15 is 0 Å². The predicted octanol–water partition coefficient (Wildman–Crippen LogP) is 3.74. The van der Waals surface area contributed by atoms with Crippen molar-refractivity contribution in [2.24, 2.45) is 5.92 Å². The summed E-state index contributed by atoms with van der Waals surface area (Å²) in [4.78, 5) is 0. The van der Waals surface area contributed by atoms with Gasteiger partial charge >= 0.3 is 0 Å². The lowest BCUT2D eigenvalue weighted by Crippen LogP contribution is -2.21.